The van der Waals surface area contributed by atoms with Crippen LogP contribution in [0.1, 0.15) is 44.4 Å². The van der Waals surface area contributed by atoms with Gasteiger partial charge in [-0.2, -0.15) is 0 Å². The van der Waals surface area contributed by atoms with Gasteiger partial charge in [0.15, 0.2) is 0 Å². The molecule has 0 radical (unpaired) electrons. The number of aromatic nitrogens is 1. The fraction of sp³-hybridized carbons (Fsp3) is 0.207. The lowest BCUT2D eigenvalue weighted by atomic mass is 9.73. The number of benzene rings is 3. The Morgan fingerprint density at radius 2 is 1.52 bits per heavy atom. The zero-order valence-corrected chi connectivity index (χ0v) is 19.5. The molecule has 0 unspecified atom stereocenters. The van der Waals surface area contributed by atoms with E-state index >= 15 is 0 Å². The molecule has 0 bridgehead atoms. The Morgan fingerprint density at radius 3 is 2.27 bits per heavy atom. The normalized spacial score (nSPS) is 14.4. The summed E-state index contributed by atoms with van der Waals surface area (Å²) < 4.78 is 0. The van der Waals surface area contributed by atoms with Gasteiger partial charge < -0.3 is 10.4 Å². The highest BCUT2D eigenvalue weighted by Gasteiger charge is 2.37. The molecule has 0 spiro atoms. The summed E-state index contributed by atoms with van der Waals surface area (Å²) in [5.41, 5.74) is 6.37. The van der Waals surface area contributed by atoms with Crippen LogP contribution < -0.4 is 10.2 Å². The van der Waals surface area contributed by atoms with E-state index in [1.807, 2.05) is 62.5 Å². The maximum Gasteiger partial charge on any atom is 0.137 e. The second-order valence-corrected chi connectivity index (χ2v) is 9.63. The first kappa shape index (κ1) is 21.2. The van der Waals surface area contributed by atoms with E-state index in [0.717, 1.165) is 34.1 Å². The van der Waals surface area contributed by atoms with E-state index in [2.05, 4.69) is 71.5 Å². The third-order valence-electron chi connectivity index (χ3n) is 6.47. The Labute approximate surface area is 195 Å². The summed E-state index contributed by atoms with van der Waals surface area (Å²) in [6.07, 6.45) is 1.83. The third-order valence-corrected chi connectivity index (χ3v) is 6.47. The van der Waals surface area contributed by atoms with Crippen molar-refractivity contribution in [3.63, 3.8) is 0 Å². The van der Waals surface area contributed by atoms with Crippen molar-refractivity contribution >= 4 is 28.6 Å². The van der Waals surface area contributed by atoms with Gasteiger partial charge in [0.25, 0.3) is 0 Å². The van der Waals surface area contributed by atoms with Crippen molar-refractivity contribution in [2.75, 3.05) is 10.2 Å². The predicted octanol–water partition coefficient (Wildman–Crippen LogP) is 7.16. The number of anilines is 5. The molecule has 0 fully saturated rings. The minimum Gasteiger partial charge on any atom is -0.386 e. The van der Waals surface area contributed by atoms with Gasteiger partial charge in [0.1, 0.15) is 5.82 Å². The van der Waals surface area contributed by atoms with Crippen molar-refractivity contribution < 1.29 is 5.11 Å². The number of hydrogen-bond acceptors (Lipinski definition) is 4. The van der Waals surface area contributed by atoms with Gasteiger partial charge in [-0.15, -0.1) is 0 Å². The van der Waals surface area contributed by atoms with Gasteiger partial charge in [0.2, 0.25) is 0 Å². The number of fused-ring (bicyclic) bond motifs is 2. The maximum absolute atomic E-state index is 10.7. The lowest BCUT2D eigenvalue weighted by Crippen LogP contribution is -2.31. The molecule has 3 aromatic carbocycles. The van der Waals surface area contributed by atoms with Crippen LogP contribution in [0, 0.1) is 0 Å². The molecular formula is C29H29N3O. The first-order valence-corrected chi connectivity index (χ1v) is 11.3. The molecule has 0 atom stereocenters. The van der Waals surface area contributed by atoms with Crippen molar-refractivity contribution in [1.29, 1.82) is 0 Å². The second kappa shape index (κ2) is 7.75. The van der Waals surface area contributed by atoms with Crippen molar-refractivity contribution in [1.82, 2.24) is 4.98 Å². The number of para-hydroxylation sites is 2. The number of pyridine rings is 1. The van der Waals surface area contributed by atoms with Gasteiger partial charge >= 0.3 is 0 Å². The Morgan fingerprint density at radius 1 is 0.818 bits per heavy atom. The van der Waals surface area contributed by atoms with Gasteiger partial charge in [-0.3, -0.25) is 4.90 Å². The largest absolute Gasteiger partial charge is 0.386 e. The SMILES string of the molecule is CC(C)(O)c1ccccc1Nc1ccc2c(c1)N(c1ccccn1)c1ccccc1C2(C)C. The van der Waals surface area contributed by atoms with Crippen LogP contribution in [0.5, 0.6) is 0 Å². The van der Waals surface area contributed by atoms with Gasteiger partial charge in [0, 0.05) is 28.6 Å². The fourth-order valence-electron chi connectivity index (χ4n) is 4.81. The average Bonchev–Trinajstić information content (AvgIpc) is 2.80. The highest BCUT2D eigenvalue weighted by molar-refractivity contribution is 5.86. The van der Waals surface area contributed by atoms with Gasteiger partial charge in [-0.05, 0) is 61.4 Å². The highest BCUT2D eigenvalue weighted by atomic mass is 16.3. The fourth-order valence-corrected chi connectivity index (χ4v) is 4.81. The standard InChI is InChI=1S/C29H29N3O/c1-28(2)22-12-6-8-14-25(22)32(27-15-9-10-18-30-27)26-19-20(16-17-23(26)28)31-24-13-7-5-11-21(24)29(3,4)33/h5-19,31,33H,1-4H3. The van der Waals surface area contributed by atoms with E-state index in [0.29, 0.717) is 0 Å². The molecule has 0 aliphatic carbocycles. The van der Waals surface area contributed by atoms with E-state index in [4.69, 9.17) is 0 Å². The number of nitrogens with zero attached hydrogens (tertiary/aromatic N) is 2. The van der Waals surface area contributed by atoms with Gasteiger partial charge in [-0.1, -0.05) is 62.4 Å². The van der Waals surface area contributed by atoms with Crippen LogP contribution in [0.15, 0.2) is 91.1 Å². The monoisotopic (exact) mass is 435 g/mol. The number of nitrogens with one attached hydrogen (secondary N) is 1. The Balaban J connectivity index is 1.67. The Kier molecular flexibility index (Phi) is 4.98. The summed E-state index contributed by atoms with van der Waals surface area (Å²) in [7, 11) is 0. The van der Waals surface area contributed by atoms with E-state index in [-0.39, 0.29) is 5.41 Å². The summed E-state index contributed by atoms with van der Waals surface area (Å²) in [4.78, 5) is 6.92. The lowest BCUT2D eigenvalue weighted by Gasteiger charge is -2.41. The van der Waals surface area contributed by atoms with Crippen LogP contribution in [0.3, 0.4) is 0 Å². The molecule has 4 aromatic rings. The maximum atomic E-state index is 10.7. The number of rotatable bonds is 4. The Hall–Kier alpha value is -3.63. The summed E-state index contributed by atoms with van der Waals surface area (Å²) in [6, 6.07) is 29.0. The average molecular weight is 436 g/mol. The number of hydrogen-bond donors (Lipinski definition) is 2. The first-order valence-electron chi connectivity index (χ1n) is 11.3. The van der Waals surface area contributed by atoms with E-state index in [1.165, 1.54) is 11.1 Å². The zero-order valence-electron chi connectivity index (χ0n) is 19.5. The second-order valence-electron chi connectivity index (χ2n) is 9.63. The van der Waals surface area contributed by atoms with Crippen molar-refractivity contribution in [3.8, 4) is 0 Å². The van der Waals surface area contributed by atoms with Crippen molar-refractivity contribution in [2.24, 2.45) is 0 Å². The van der Waals surface area contributed by atoms with E-state index in [9.17, 15) is 5.11 Å². The van der Waals surface area contributed by atoms with Crippen molar-refractivity contribution in [3.05, 3.63) is 108 Å². The van der Waals surface area contributed by atoms with E-state index < -0.39 is 5.60 Å². The van der Waals surface area contributed by atoms with Crippen LogP contribution >= 0.6 is 0 Å². The Bertz CT molecular complexity index is 1310. The van der Waals surface area contributed by atoms with Crippen LogP contribution in [-0.2, 0) is 11.0 Å². The van der Waals surface area contributed by atoms with Crippen LogP contribution in [-0.4, -0.2) is 10.1 Å². The third kappa shape index (κ3) is 3.66. The number of aliphatic hydroxyl groups is 1. The summed E-state index contributed by atoms with van der Waals surface area (Å²) in [6.45, 7) is 8.17. The van der Waals surface area contributed by atoms with Gasteiger partial charge in [0.05, 0.1) is 17.0 Å². The molecule has 33 heavy (non-hydrogen) atoms. The molecule has 0 amide bonds. The zero-order chi connectivity index (χ0) is 23.2. The highest BCUT2D eigenvalue weighted by Crippen LogP contribution is 2.52. The molecule has 1 aliphatic heterocycles. The molecule has 5 rings (SSSR count). The molecule has 1 aromatic heterocycles. The summed E-state index contributed by atoms with van der Waals surface area (Å²) in [5, 5.41) is 14.2. The molecular weight excluding hydrogens is 406 g/mol. The molecule has 0 saturated carbocycles. The molecule has 4 nitrogen and oxygen atoms in total. The minimum atomic E-state index is -0.946. The smallest absolute Gasteiger partial charge is 0.137 e. The quantitative estimate of drug-likeness (QED) is 0.357. The van der Waals surface area contributed by atoms with Crippen LogP contribution in [0.4, 0.5) is 28.6 Å². The lowest BCUT2D eigenvalue weighted by molar-refractivity contribution is 0.0794. The molecule has 4 heteroatoms. The van der Waals surface area contributed by atoms with Crippen LogP contribution in [0.2, 0.25) is 0 Å². The summed E-state index contributed by atoms with van der Waals surface area (Å²) >= 11 is 0. The molecule has 2 heterocycles. The molecule has 1 aliphatic rings. The predicted molar refractivity (Wildman–Crippen MR) is 136 cm³/mol. The summed E-state index contributed by atoms with van der Waals surface area (Å²) in [5.74, 6) is 0.885. The van der Waals surface area contributed by atoms with E-state index in [1.54, 1.807) is 0 Å². The topological polar surface area (TPSA) is 48.4 Å². The van der Waals surface area contributed by atoms with Gasteiger partial charge in [-0.25, -0.2) is 4.98 Å². The van der Waals surface area contributed by atoms with Crippen LogP contribution in [0.25, 0.3) is 0 Å². The molecule has 2 N–H and O–H groups in total. The minimum absolute atomic E-state index is 0.152. The first-order chi connectivity index (χ1) is 15.8. The molecule has 0 saturated heterocycles. The molecule has 166 valence electrons. The van der Waals surface area contributed by atoms with Crippen molar-refractivity contribution in [2.45, 2.75) is 38.7 Å².